The van der Waals surface area contributed by atoms with Crippen molar-refractivity contribution in [3.8, 4) is 5.75 Å². The van der Waals surface area contributed by atoms with E-state index in [4.69, 9.17) is 4.74 Å². The molecule has 0 N–H and O–H groups in total. The van der Waals surface area contributed by atoms with Crippen LogP contribution in [-0.4, -0.2) is 66.9 Å². The van der Waals surface area contributed by atoms with Gasteiger partial charge in [-0.25, -0.2) is 0 Å². The molecule has 1 atom stereocenters. The molecule has 1 fully saturated rings. The van der Waals surface area contributed by atoms with Gasteiger partial charge in [-0.2, -0.15) is 11.8 Å². The zero-order valence-corrected chi connectivity index (χ0v) is 20.0. The van der Waals surface area contributed by atoms with Crippen molar-refractivity contribution in [2.45, 2.75) is 51.0 Å². The fraction of sp³-hybridized carbons (Fsp3) is 0.600. The van der Waals surface area contributed by atoms with Crippen LogP contribution in [0.15, 0.2) is 35.9 Å². The van der Waals surface area contributed by atoms with Crippen LogP contribution >= 0.6 is 11.8 Å². The number of benzene rings is 1. The Hall–Kier alpha value is -1.95. The topological polar surface area (TPSA) is 49.9 Å². The van der Waals surface area contributed by atoms with Gasteiger partial charge in [0.05, 0.1) is 7.11 Å². The molecule has 1 aromatic carbocycles. The number of thioether (sulfide) groups is 1. The number of likely N-dealkylation sites (N-methyl/N-ethyl adjacent to an activating group) is 1. The Morgan fingerprint density at radius 3 is 2.71 bits per heavy atom. The summed E-state index contributed by atoms with van der Waals surface area (Å²) in [7, 11) is 3.63. The minimum absolute atomic E-state index is 0.129. The normalized spacial score (nSPS) is 17.9. The Labute approximate surface area is 191 Å². The van der Waals surface area contributed by atoms with Crippen molar-refractivity contribution in [2.24, 2.45) is 5.92 Å². The Bertz CT molecular complexity index is 787. The minimum atomic E-state index is 0.129. The summed E-state index contributed by atoms with van der Waals surface area (Å²) in [6.45, 7) is 1.56. The van der Waals surface area contributed by atoms with E-state index in [0.29, 0.717) is 12.3 Å². The number of hydrogen-bond donors (Lipinski definition) is 0. The van der Waals surface area contributed by atoms with E-state index in [0.717, 1.165) is 68.7 Å². The van der Waals surface area contributed by atoms with Crippen molar-refractivity contribution < 1.29 is 14.3 Å². The van der Waals surface area contributed by atoms with Gasteiger partial charge in [-0.3, -0.25) is 9.59 Å². The van der Waals surface area contributed by atoms with Crippen LogP contribution in [0.1, 0.15) is 44.1 Å². The molecule has 3 rings (SSSR count). The highest BCUT2D eigenvalue weighted by molar-refractivity contribution is 7.98. The highest BCUT2D eigenvalue weighted by Gasteiger charge is 2.33. The molecule has 6 heteroatoms. The zero-order valence-electron chi connectivity index (χ0n) is 19.1. The van der Waals surface area contributed by atoms with Crippen LogP contribution in [-0.2, 0) is 16.0 Å². The van der Waals surface area contributed by atoms with E-state index in [1.807, 2.05) is 35.2 Å². The van der Waals surface area contributed by atoms with Crippen molar-refractivity contribution in [2.75, 3.05) is 39.3 Å². The van der Waals surface area contributed by atoms with Gasteiger partial charge in [0, 0.05) is 43.9 Å². The number of carbonyl (C=O) groups is 2. The van der Waals surface area contributed by atoms with E-state index in [9.17, 15) is 9.59 Å². The number of piperidine rings is 1. The second-order valence-corrected chi connectivity index (χ2v) is 9.61. The van der Waals surface area contributed by atoms with Crippen molar-refractivity contribution >= 4 is 23.6 Å². The number of ether oxygens (including phenoxy) is 1. The first-order valence-corrected chi connectivity index (χ1v) is 12.8. The molecular weight excluding hydrogens is 408 g/mol. The molecule has 0 aromatic heterocycles. The molecule has 2 amide bonds. The molecule has 1 aliphatic carbocycles. The second kappa shape index (κ2) is 11.6. The molecule has 1 heterocycles. The molecule has 2 aliphatic rings. The van der Waals surface area contributed by atoms with E-state index in [2.05, 4.69) is 18.2 Å². The van der Waals surface area contributed by atoms with Gasteiger partial charge >= 0.3 is 0 Å². The van der Waals surface area contributed by atoms with E-state index in [1.54, 1.807) is 18.9 Å². The van der Waals surface area contributed by atoms with Crippen LogP contribution in [0.3, 0.4) is 0 Å². The molecule has 0 radical (unpaired) electrons. The van der Waals surface area contributed by atoms with Crippen LogP contribution in [0.4, 0.5) is 0 Å². The molecule has 0 saturated carbocycles. The lowest BCUT2D eigenvalue weighted by molar-refractivity contribution is -0.134. The third kappa shape index (κ3) is 6.28. The smallest absolute Gasteiger partial charge is 0.249 e. The van der Waals surface area contributed by atoms with Gasteiger partial charge in [-0.05, 0) is 68.4 Å². The van der Waals surface area contributed by atoms with Crippen molar-refractivity contribution in [1.82, 2.24) is 9.80 Å². The second-order valence-electron chi connectivity index (χ2n) is 8.62. The summed E-state index contributed by atoms with van der Waals surface area (Å²) in [6.07, 6.45) is 10.4. The van der Waals surface area contributed by atoms with Crippen molar-refractivity contribution in [3.63, 3.8) is 0 Å². The molecule has 1 aromatic rings. The average molecular weight is 445 g/mol. The summed E-state index contributed by atoms with van der Waals surface area (Å²) in [5, 5.41) is 0. The van der Waals surface area contributed by atoms with Crippen LogP contribution in [0.5, 0.6) is 5.75 Å². The van der Waals surface area contributed by atoms with Gasteiger partial charge in [0.15, 0.2) is 0 Å². The predicted molar refractivity (Wildman–Crippen MR) is 127 cm³/mol. The number of amides is 2. The third-order valence-electron chi connectivity index (χ3n) is 6.68. The zero-order chi connectivity index (χ0) is 22.2. The van der Waals surface area contributed by atoms with Crippen molar-refractivity contribution in [1.29, 1.82) is 0 Å². The summed E-state index contributed by atoms with van der Waals surface area (Å²) in [6, 6.07) is 8.27. The van der Waals surface area contributed by atoms with Gasteiger partial charge < -0.3 is 14.5 Å². The Morgan fingerprint density at radius 1 is 1.29 bits per heavy atom. The SMILES string of the molecule is COc1cccc(CC(C2CCN(C(=O)C3=CCCC3)CC2)N(C)C(=O)CCSC)c1. The summed E-state index contributed by atoms with van der Waals surface area (Å²) in [5.41, 5.74) is 2.18. The first kappa shape index (κ1) is 23.7. The first-order valence-electron chi connectivity index (χ1n) is 11.4. The molecule has 1 saturated heterocycles. The van der Waals surface area contributed by atoms with E-state index >= 15 is 0 Å². The Morgan fingerprint density at radius 2 is 2.06 bits per heavy atom. The van der Waals surface area contributed by atoms with Crippen LogP contribution in [0.2, 0.25) is 0 Å². The molecule has 1 unspecified atom stereocenters. The van der Waals surface area contributed by atoms with Crippen LogP contribution < -0.4 is 4.74 Å². The first-order chi connectivity index (χ1) is 15.0. The van der Waals surface area contributed by atoms with E-state index < -0.39 is 0 Å². The molecule has 5 nitrogen and oxygen atoms in total. The maximum atomic E-state index is 12.9. The minimum Gasteiger partial charge on any atom is -0.497 e. The molecule has 1 aliphatic heterocycles. The maximum Gasteiger partial charge on any atom is 0.249 e. The van der Waals surface area contributed by atoms with Gasteiger partial charge in [-0.1, -0.05) is 18.2 Å². The highest BCUT2D eigenvalue weighted by Crippen LogP contribution is 2.29. The number of hydrogen-bond acceptors (Lipinski definition) is 4. The van der Waals surface area contributed by atoms with Gasteiger partial charge in [0.2, 0.25) is 11.8 Å². The highest BCUT2D eigenvalue weighted by atomic mass is 32.2. The van der Waals surface area contributed by atoms with E-state index in [-0.39, 0.29) is 17.9 Å². The number of likely N-dealkylation sites (tertiary alicyclic amines) is 1. The monoisotopic (exact) mass is 444 g/mol. The van der Waals surface area contributed by atoms with Crippen molar-refractivity contribution in [3.05, 3.63) is 41.5 Å². The summed E-state index contributed by atoms with van der Waals surface area (Å²) >= 11 is 1.71. The molecule has 0 bridgehead atoms. The van der Waals surface area contributed by atoms with Gasteiger partial charge in [-0.15, -0.1) is 0 Å². The van der Waals surface area contributed by atoms with Crippen LogP contribution in [0, 0.1) is 5.92 Å². The number of rotatable bonds is 9. The summed E-state index contributed by atoms with van der Waals surface area (Å²) in [4.78, 5) is 29.6. The fourth-order valence-electron chi connectivity index (χ4n) is 4.77. The lowest BCUT2D eigenvalue weighted by atomic mass is 9.84. The fourth-order valence-corrected chi connectivity index (χ4v) is 5.15. The largest absolute Gasteiger partial charge is 0.497 e. The number of methoxy groups -OCH3 is 1. The van der Waals surface area contributed by atoms with Gasteiger partial charge in [0.25, 0.3) is 0 Å². The molecule has 170 valence electrons. The maximum absolute atomic E-state index is 12.9. The third-order valence-corrected chi connectivity index (χ3v) is 7.29. The number of carbonyl (C=O) groups excluding carboxylic acids is 2. The Kier molecular flexibility index (Phi) is 8.88. The lowest BCUT2D eigenvalue weighted by Gasteiger charge is -2.40. The average Bonchev–Trinajstić information content (AvgIpc) is 3.35. The molecule has 31 heavy (non-hydrogen) atoms. The molecule has 0 spiro atoms. The van der Waals surface area contributed by atoms with Gasteiger partial charge in [0.1, 0.15) is 5.75 Å². The molecular formula is C25H36N2O3S. The standard InChI is InChI=1S/C25H36N2O3S/c1-26(24(28)13-16-31-3)23(18-19-7-6-10-22(17-19)30-2)20-11-14-27(15-12-20)25(29)21-8-4-5-9-21/h6-8,10,17,20,23H,4-5,9,11-16,18H2,1-3H3. The summed E-state index contributed by atoms with van der Waals surface area (Å²) < 4.78 is 5.40. The lowest BCUT2D eigenvalue weighted by Crippen LogP contribution is -2.48. The summed E-state index contributed by atoms with van der Waals surface area (Å²) in [5.74, 6) is 2.51. The quantitative estimate of drug-likeness (QED) is 0.574. The van der Waals surface area contributed by atoms with E-state index in [1.165, 1.54) is 5.56 Å². The number of nitrogens with zero attached hydrogens (tertiary/aromatic N) is 2. The predicted octanol–water partition coefficient (Wildman–Crippen LogP) is 4.17. The van der Waals surface area contributed by atoms with Crippen LogP contribution in [0.25, 0.3) is 0 Å². The Balaban J connectivity index is 1.69. The number of allylic oxidation sites excluding steroid dienone is 1.